The number of carbonyl (C=O) groups is 1. The number of benzene rings is 1. The zero-order chi connectivity index (χ0) is 13.1. The van der Waals surface area contributed by atoms with E-state index in [1.165, 1.54) is 11.3 Å². The van der Waals surface area contributed by atoms with Crippen LogP contribution in [0.15, 0.2) is 34.1 Å². The molecule has 0 bridgehead atoms. The van der Waals surface area contributed by atoms with Crippen molar-refractivity contribution in [1.29, 1.82) is 0 Å². The summed E-state index contributed by atoms with van der Waals surface area (Å²) < 4.78 is 0.989. The van der Waals surface area contributed by atoms with Crippen molar-refractivity contribution in [2.24, 2.45) is 0 Å². The molecule has 3 nitrogen and oxygen atoms in total. The molecule has 0 aliphatic heterocycles. The number of carboxylic acid groups (broad SMARTS) is 1. The van der Waals surface area contributed by atoms with Gasteiger partial charge >= 0.3 is 5.97 Å². The van der Waals surface area contributed by atoms with Crippen LogP contribution in [0.2, 0.25) is 0 Å². The van der Waals surface area contributed by atoms with E-state index in [4.69, 9.17) is 0 Å². The Morgan fingerprint density at radius 2 is 2.11 bits per heavy atom. The minimum absolute atomic E-state index is 0.468. The zero-order valence-corrected chi connectivity index (χ0v) is 12.2. The van der Waals surface area contributed by atoms with Crippen molar-refractivity contribution in [3.63, 3.8) is 0 Å². The molecular formula is C13H12BrNO2S. The van der Waals surface area contributed by atoms with Crippen LogP contribution >= 0.6 is 27.3 Å². The average Bonchev–Trinajstić information content (AvgIpc) is 2.74. The van der Waals surface area contributed by atoms with Gasteiger partial charge in [-0.1, -0.05) is 28.1 Å². The van der Waals surface area contributed by atoms with E-state index in [9.17, 15) is 9.90 Å². The lowest BCUT2D eigenvalue weighted by molar-refractivity contribution is -0.138. The maximum absolute atomic E-state index is 11.3. The number of rotatable bonds is 4. The van der Waals surface area contributed by atoms with Gasteiger partial charge in [0.2, 0.25) is 0 Å². The Labute approximate surface area is 118 Å². The number of hydrogen-bond acceptors (Lipinski definition) is 3. The fourth-order valence-corrected chi connectivity index (χ4v) is 2.82. The van der Waals surface area contributed by atoms with Crippen molar-refractivity contribution < 1.29 is 9.90 Å². The van der Waals surface area contributed by atoms with Gasteiger partial charge in [-0.2, -0.15) is 0 Å². The van der Waals surface area contributed by atoms with Crippen LogP contribution in [0.4, 0.5) is 0 Å². The summed E-state index contributed by atoms with van der Waals surface area (Å²) in [5.41, 5.74) is 1.87. The van der Waals surface area contributed by atoms with Gasteiger partial charge in [-0.25, -0.2) is 4.98 Å². The van der Waals surface area contributed by atoms with Gasteiger partial charge in [-0.15, -0.1) is 11.3 Å². The van der Waals surface area contributed by atoms with E-state index in [1.807, 2.05) is 36.6 Å². The summed E-state index contributed by atoms with van der Waals surface area (Å²) in [5.74, 6) is -1.39. The van der Waals surface area contributed by atoms with E-state index >= 15 is 0 Å². The highest BCUT2D eigenvalue weighted by Crippen LogP contribution is 2.25. The Morgan fingerprint density at radius 1 is 1.44 bits per heavy atom. The van der Waals surface area contributed by atoms with Crippen molar-refractivity contribution >= 4 is 33.2 Å². The number of carboxylic acids is 1. The van der Waals surface area contributed by atoms with Crippen molar-refractivity contribution in [2.45, 2.75) is 19.3 Å². The van der Waals surface area contributed by atoms with Gasteiger partial charge in [0.05, 0.1) is 0 Å². The predicted molar refractivity (Wildman–Crippen MR) is 75.1 cm³/mol. The van der Waals surface area contributed by atoms with Crippen LogP contribution in [0.3, 0.4) is 0 Å². The van der Waals surface area contributed by atoms with Crippen molar-refractivity contribution in [3.8, 4) is 0 Å². The Kier molecular flexibility index (Phi) is 4.14. The molecule has 0 saturated heterocycles. The van der Waals surface area contributed by atoms with E-state index in [2.05, 4.69) is 20.9 Å². The van der Waals surface area contributed by atoms with E-state index in [0.29, 0.717) is 11.4 Å². The van der Waals surface area contributed by atoms with Gasteiger partial charge in [0.15, 0.2) is 0 Å². The Balaban J connectivity index is 2.22. The molecule has 1 aromatic carbocycles. The van der Waals surface area contributed by atoms with Gasteiger partial charge in [0, 0.05) is 15.5 Å². The van der Waals surface area contributed by atoms with Gasteiger partial charge in [0.25, 0.3) is 0 Å². The summed E-state index contributed by atoms with van der Waals surface area (Å²) in [5, 5.41) is 11.9. The van der Waals surface area contributed by atoms with Gasteiger partial charge < -0.3 is 5.11 Å². The molecule has 0 fully saturated rings. The van der Waals surface area contributed by atoms with Crippen LogP contribution in [-0.4, -0.2) is 16.1 Å². The van der Waals surface area contributed by atoms with Gasteiger partial charge in [-0.05, 0) is 31.0 Å². The summed E-state index contributed by atoms with van der Waals surface area (Å²) in [4.78, 5) is 15.6. The van der Waals surface area contributed by atoms with Crippen LogP contribution in [0.5, 0.6) is 0 Å². The molecule has 0 saturated carbocycles. The number of thiazole rings is 1. The van der Waals surface area contributed by atoms with E-state index in [0.717, 1.165) is 15.7 Å². The SMILES string of the molecule is Cc1csc(C(Cc2ccc(Br)cc2)C(=O)O)n1. The molecule has 0 spiro atoms. The highest BCUT2D eigenvalue weighted by Gasteiger charge is 2.23. The van der Waals surface area contributed by atoms with Crippen molar-refractivity contribution in [3.05, 3.63) is 50.4 Å². The number of nitrogens with zero attached hydrogens (tertiary/aromatic N) is 1. The maximum atomic E-state index is 11.3. The summed E-state index contributed by atoms with van der Waals surface area (Å²) in [6.45, 7) is 1.87. The molecule has 2 aromatic rings. The molecule has 0 aliphatic carbocycles. The number of halogens is 1. The van der Waals surface area contributed by atoms with Crippen LogP contribution in [-0.2, 0) is 11.2 Å². The summed E-state index contributed by atoms with van der Waals surface area (Å²) >= 11 is 4.77. The molecule has 1 heterocycles. The van der Waals surface area contributed by atoms with Crippen LogP contribution in [0.1, 0.15) is 22.2 Å². The standard InChI is InChI=1S/C13H12BrNO2S/c1-8-7-18-12(15-8)11(13(16)17)6-9-2-4-10(14)5-3-9/h2-5,7,11H,6H2,1H3,(H,16,17). The molecule has 94 valence electrons. The van der Waals surface area contributed by atoms with Crippen LogP contribution < -0.4 is 0 Å². The molecule has 1 unspecified atom stereocenters. The van der Waals surface area contributed by atoms with Crippen molar-refractivity contribution in [1.82, 2.24) is 4.98 Å². The lowest BCUT2D eigenvalue weighted by atomic mass is 10.0. The first kappa shape index (κ1) is 13.2. The molecular weight excluding hydrogens is 314 g/mol. The number of aliphatic carboxylic acids is 1. The minimum atomic E-state index is -0.827. The Bertz CT molecular complexity index is 550. The van der Waals surface area contributed by atoms with E-state index in [-0.39, 0.29) is 0 Å². The average molecular weight is 326 g/mol. The third-order valence-electron chi connectivity index (χ3n) is 2.59. The minimum Gasteiger partial charge on any atom is -0.481 e. The molecule has 18 heavy (non-hydrogen) atoms. The topological polar surface area (TPSA) is 50.2 Å². The second kappa shape index (κ2) is 5.63. The van der Waals surface area contributed by atoms with Gasteiger partial charge in [0.1, 0.15) is 10.9 Å². The Hall–Kier alpha value is -1.20. The first-order valence-electron chi connectivity index (χ1n) is 5.45. The number of hydrogen-bond donors (Lipinski definition) is 1. The Morgan fingerprint density at radius 3 is 2.61 bits per heavy atom. The zero-order valence-electron chi connectivity index (χ0n) is 9.76. The normalized spacial score (nSPS) is 12.3. The monoisotopic (exact) mass is 325 g/mol. The predicted octanol–water partition coefficient (Wildman–Crippen LogP) is 3.62. The molecule has 1 atom stereocenters. The molecule has 2 rings (SSSR count). The second-order valence-electron chi connectivity index (χ2n) is 4.05. The fraction of sp³-hybridized carbons (Fsp3) is 0.231. The second-order valence-corrected chi connectivity index (χ2v) is 5.85. The van der Waals surface area contributed by atoms with Gasteiger partial charge in [-0.3, -0.25) is 4.79 Å². The first-order chi connectivity index (χ1) is 8.56. The number of aryl methyl sites for hydroxylation is 1. The van der Waals surface area contributed by atoms with Crippen LogP contribution in [0, 0.1) is 6.92 Å². The third-order valence-corrected chi connectivity index (χ3v) is 4.19. The third kappa shape index (κ3) is 3.17. The highest BCUT2D eigenvalue weighted by molar-refractivity contribution is 9.10. The lowest BCUT2D eigenvalue weighted by Gasteiger charge is -2.09. The molecule has 0 radical (unpaired) electrons. The molecule has 5 heteroatoms. The summed E-state index contributed by atoms with van der Waals surface area (Å²) in [6, 6.07) is 7.70. The lowest BCUT2D eigenvalue weighted by Crippen LogP contribution is -2.14. The fourth-order valence-electron chi connectivity index (χ4n) is 1.67. The van der Waals surface area contributed by atoms with E-state index < -0.39 is 11.9 Å². The molecule has 1 N–H and O–H groups in total. The van der Waals surface area contributed by atoms with Crippen LogP contribution in [0.25, 0.3) is 0 Å². The molecule has 0 aliphatic rings. The van der Waals surface area contributed by atoms with E-state index in [1.54, 1.807) is 0 Å². The maximum Gasteiger partial charge on any atom is 0.313 e. The molecule has 0 amide bonds. The summed E-state index contributed by atoms with van der Waals surface area (Å²) in [6.07, 6.45) is 0.468. The largest absolute Gasteiger partial charge is 0.481 e. The van der Waals surface area contributed by atoms with Crippen molar-refractivity contribution in [2.75, 3.05) is 0 Å². The molecule has 1 aromatic heterocycles. The smallest absolute Gasteiger partial charge is 0.313 e. The number of aromatic nitrogens is 1. The quantitative estimate of drug-likeness (QED) is 0.933. The summed E-state index contributed by atoms with van der Waals surface area (Å²) in [7, 11) is 0. The highest BCUT2D eigenvalue weighted by atomic mass is 79.9. The first-order valence-corrected chi connectivity index (χ1v) is 7.13.